The molecule has 1 aromatic heterocycles. The number of aromatic nitrogens is 1. The number of hydrogen-bond acceptors (Lipinski definition) is 3. The van der Waals surface area contributed by atoms with Crippen molar-refractivity contribution in [3.05, 3.63) is 58.7 Å². The van der Waals surface area contributed by atoms with Crippen LogP contribution >= 0.6 is 0 Å². The van der Waals surface area contributed by atoms with Gasteiger partial charge in [0.2, 0.25) is 0 Å². The Balaban J connectivity index is 1.64. The fourth-order valence-corrected chi connectivity index (χ4v) is 4.41. The summed E-state index contributed by atoms with van der Waals surface area (Å²) in [6.45, 7) is 1.93. The van der Waals surface area contributed by atoms with E-state index in [4.69, 9.17) is 4.74 Å². The predicted molar refractivity (Wildman–Crippen MR) is 102 cm³/mol. The van der Waals surface area contributed by atoms with Crippen LogP contribution in [0, 0.1) is 11.6 Å². The summed E-state index contributed by atoms with van der Waals surface area (Å²) >= 11 is 0. The second-order valence-corrected chi connectivity index (χ2v) is 7.55. The summed E-state index contributed by atoms with van der Waals surface area (Å²) in [5.74, 6) is -0.793. The number of halogens is 2. The highest BCUT2D eigenvalue weighted by atomic mass is 19.1. The quantitative estimate of drug-likeness (QED) is 0.695. The molecule has 3 aromatic rings. The van der Waals surface area contributed by atoms with Gasteiger partial charge in [0.15, 0.2) is 5.78 Å². The van der Waals surface area contributed by atoms with Crippen molar-refractivity contribution >= 4 is 16.7 Å². The van der Waals surface area contributed by atoms with Gasteiger partial charge in [-0.05, 0) is 55.1 Å². The molecule has 0 amide bonds. The second-order valence-electron chi connectivity index (χ2n) is 7.55. The lowest BCUT2D eigenvalue weighted by Crippen LogP contribution is -2.28. The van der Waals surface area contributed by atoms with Gasteiger partial charge in [0.25, 0.3) is 0 Å². The van der Waals surface area contributed by atoms with E-state index in [-0.39, 0.29) is 30.4 Å². The summed E-state index contributed by atoms with van der Waals surface area (Å²) in [5.41, 5.74) is 3.40. The molecule has 4 nitrogen and oxygen atoms in total. The van der Waals surface area contributed by atoms with Crippen LogP contribution < -0.4 is 5.32 Å². The first-order chi connectivity index (χ1) is 13.6. The molecule has 0 saturated carbocycles. The van der Waals surface area contributed by atoms with E-state index in [1.807, 2.05) is 6.07 Å². The Morgan fingerprint density at radius 1 is 1.07 bits per heavy atom. The van der Waals surface area contributed by atoms with Crippen molar-refractivity contribution in [3.63, 3.8) is 0 Å². The van der Waals surface area contributed by atoms with Crippen molar-refractivity contribution in [3.8, 4) is 11.3 Å². The average Bonchev–Trinajstić information content (AvgIpc) is 2.96. The Hall–Kier alpha value is -2.57. The third kappa shape index (κ3) is 2.84. The topological polar surface area (TPSA) is 54.1 Å². The highest BCUT2D eigenvalue weighted by Crippen LogP contribution is 2.37. The standard InChI is InChI=1S/C22H20F2N2O2/c23-14-7-16-20(27)11-28-10-17-21(16)19(8-14)26-22(17)15-4-3-12(6-18(15)24)13-2-1-5-25-9-13/h3-4,6-8,13,25-26H,1-2,5,9-11H2/t13-/m1/s1. The van der Waals surface area contributed by atoms with Crippen LogP contribution in [-0.2, 0) is 11.3 Å². The Morgan fingerprint density at radius 2 is 1.96 bits per heavy atom. The van der Waals surface area contributed by atoms with E-state index < -0.39 is 5.82 Å². The molecule has 2 aliphatic rings. The Kier molecular flexibility index (Phi) is 4.25. The van der Waals surface area contributed by atoms with Gasteiger partial charge in [0.1, 0.15) is 18.2 Å². The molecule has 0 unspecified atom stereocenters. The maximum atomic E-state index is 15.1. The van der Waals surface area contributed by atoms with Crippen molar-refractivity contribution in [1.82, 2.24) is 10.3 Å². The lowest BCUT2D eigenvalue weighted by molar-refractivity contribution is 0.0742. The van der Waals surface area contributed by atoms with Gasteiger partial charge in [-0.25, -0.2) is 8.78 Å². The maximum absolute atomic E-state index is 15.1. The summed E-state index contributed by atoms with van der Waals surface area (Å²) in [4.78, 5) is 15.4. The SMILES string of the molecule is O=C1COCc2c(-c3ccc([C@@H]4CCCNC4)cc3F)[nH]c3cc(F)cc1c23. The first-order valence-corrected chi connectivity index (χ1v) is 9.57. The highest BCUT2D eigenvalue weighted by Gasteiger charge is 2.25. The molecule has 0 radical (unpaired) electrons. The largest absolute Gasteiger partial charge is 0.369 e. The summed E-state index contributed by atoms with van der Waals surface area (Å²) in [7, 11) is 0. The third-order valence-electron chi connectivity index (χ3n) is 5.78. The molecule has 1 saturated heterocycles. The van der Waals surface area contributed by atoms with Crippen molar-refractivity contribution in [2.24, 2.45) is 0 Å². The number of carbonyl (C=O) groups excluding carboxylic acids is 1. The van der Waals surface area contributed by atoms with Gasteiger partial charge in [-0.15, -0.1) is 0 Å². The van der Waals surface area contributed by atoms with Gasteiger partial charge in [-0.1, -0.05) is 6.07 Å². The van der Waals surface area contributed by atoms with Crippen LogP contribution in [0.1, 0.15) is 40.2 Å². The zero-order chi connectivity index (χ0) is 19.3. The van der Waals surface area contributed by atoms with Crippen LogP contribution in [0.5, 0.6) is 0 Å². The molecule has 3 heterocycles. The number of ether oxygens (including phenoxy) is 1. The molecule has 2 aliphatic heterocycles. The number of H-pyrrole nitrogens is 1. The highest BCUT2D eigenvalue weighted by molar-refractivity contribution is 6.11. The molecule has 6 heteroatoms. The van der Waals surface area contributed by atoms with Crippen LogP contribution in [0.4, 0.5) is 8.78 Å². The molecule has 1 atom stereocenters. The average molecular weight is 382 g/mol. The smallest absolute Gasteiger partial charge is 0.189 e. The van der Waals surface area contributed by atoms with Gasteiger partial charge < -0.3 is 15.0 Å². The number of benzene rings is 2. The van der Waals surface area contributed by atoms with Crippen LogP contribution in [-0.4, -0.2) is 30.5 Å². The summed E-state index contributed by atoms with van der Waals surface area (Å²) in [6.07, 6.45) is 2.13. The predicted octanol–water partition coefficient (Wildman–Crippen LogP) is 4.29. The Morgan fingerprint density at radius 3 is 2.75 bits per heavy atom. The molecule has 0 bridgehead atoms. The molecule has 0 spiro atoms. The van der Waals surface area contributed by atoms with Crippen LogP contribution in [0.3, 0.4) is 0 Å². The first-order valence-electron chi connectivity index (χ1n) is 9.57. The number of aromatic amines is 1. The Labute approximate surface area is 160 Å². The summed E-state index contributed by atoms with van der Waals surface area (Å²) in [5, 5.41) is 3.98. The number of hydrogen-bond donors (Lipinski definition) is 2. The molecule has 0 aliphatic carbocycles. The van der Waals surface area contributed by atoms with E-state index in [1.165, 1.54) is 12.1 Å². The van der Waals surface area contributed by atoms with Gasteiger partial charge in [-0.3, -0.25) is 4.79 Å². The van der Waals surface area contributed by atoms with Gasteiger partial charge in [-0.2, -0.15) is 0 Å². The zero-order valence-electron chi connectivity index (χ0n) is 15.3. The molecule has 2 N–H and O–H groups in total. The van der Waals surface area contributed by atoms with E-state index in [9.17, 15) is 9.18 Å². The molecular weight excluding hydrogens is 362 g/mol. The summed E-state index contributed by atoms with van der Waals surface area (Å²) in [6, 6.07) is 7.89. The number of nitrogens with one attached hydrogen (secondary N) is 2. The van der Waals surface area contributed by atoms with E-state index >= 15 is 4.39 Å². The molecule has 28 heavy (non-hydrogen) atoms. The number of piperidine rings is 1. The van der Waals surface area contributed by atoms with E-state index in [0.29, 0.717) is 33.6 Å². The lowest BCUT2D eigenvalue weighted by atomic mass is 9.90. The second kappa shape index (κ2) is 6.79. The van der Waals surface area contributed by atoms with Crippen molar-refractivity contribution in [1.29, 1.82) is 0 Å². The molecule has 5 rings (SSSR count). The molecular formula is C22H20F2N2O2. The van der Waals surface area contributed by atoms with Gasteiger partial charge in [0, 0.05) is 34.1 Å². The van der Waals surface area contributed by atoms with Crippen LogP contribution in [0.2, 0.25) is 0 Å². The third-order valence-corrected chi connectivity index (χ3v) is 5.78. The number of carbonyl (C=O) groups is 1. The minimum Gasteiger partial charge on any atom is -0.369 e. The molecule has 1 fully saturated rings. The fourth-order valence-electron chi connectivity index (χ4n) is 4.41. The molecule has 2 aromatic carbocycles. The number of Topliss-reactive ketones (excluding diaryl/α,β-unsaturated/α-hetero) is 1. The lowest BCUT2D eigenvalue weighted by Gasteiger charge is -2.23. The normalized spacial score (nSPS) is 19.8. The van der Waals surface area contributed by atoms with Gasteiger partial charge >= 0.3 is 0 Å². The van der Waals surface area contributed by atoms with Crippen molar-refractivity contribution in [2.75, 3.05) is 19.7 Å². The zero-order valence-corrected chi connectivity index (χ0v) is 15.3. The van der Waals surface area contributed by atoms with E-state index in [0.717, 1.165) is 31.5 Å². The van der Waals surface area contributed by atoms with Crippen LogP contribution in [0.15, 0.2) is 30.3 Å². The van der Waals surface area contributed by atoms with Crippen molar-refractivity contribution in [2.45, 2.75) is 25.4 Å². The first kappa shape index (κ1) is 17.5. The number of ketones is 1. The Bertz CT molecular complexity index is 1080. The van der Waals surface area contributed by atoms with Gasteiger partial charge in [0.05, 0.1) is 12.3 Å². The maximum Gasteiger partial charge on any atom is 0.189 e. The molecule has 144 valence electrons. The number of rotatable bonds is 2. The van der Waals surface area contributed by atoms with Crippen LogP contribution in [0.25, 0.3) is 22.2 Å². The van der Waals surface area contributed by atoms with E-state index in [2.05, 4.69) is 10.3 Å². The fraction of sp³-hybridized carbons (Fsp3) is 0.318. The minimum atomic E-state index is -0.502. The van der Waals surface area contributed by atoms with E-state index in [1.54, 1.807) is 12.1 Å². The summed E-state index contributed by atoms with van der Waals surface area (Å²) < 4.78 is 34.6. The van der Waals surface area contributed by atoms with Crippen molar-refractivity contribution < 1.29 is 18.3 Å². The monoisotopic (exact) mass is 382 g/mol. The minimum absolute atomic E-state index is 0.108.